The van der Waals surface area contributed by atoms with E-state index in [1.54, 1.807) is 25.4 Å². The molecule has 2 aromatic carbocycles. The monoisotopic (exact) mass is 394 g/mol. The number of hydrogen-bond acceptors (Lipinski definition) is 4. The number of benzene rings is 2. The Morgan fingerprint density at radius 2 is 1.48 bits per heavy atom. The molecule has 0 aliphatic rings. The van der Waals surface area contributed by atoms with E-state index in [1.165, 1.54) is 12.1 Å². The molecular formula is C24H30N2O3. The molecule has 0 unspecified atom stereocenters. The lowest BCUT2D eigenvalue weighted by Gasteiger charge is -2.28. The van der Waals surface area contributed by atoms with Gasteiger partial charge in [-0.25, -0.2) is 0 Å². The van der Waals surface area contributed by atoms with Crippen molar-refractivity contribution in [2.75, 3.05) is 7.05 Å². The van der Waals surface area contributed by atoms with Crippen LogP contribution in [-0.2, 0) is 10.8 Å². The summed E-state index contributed by atoms with van der Waals surface area (Å²) < 4.78 is 0. The average Bonchev–Trinajstić information content (AvgIpc) is 2.60. The molecule has 0 heterocycles. The molecule has 0 amide bonds. The van der Waals surface area contributed by atoms with E-state index in [0.717, 1.165) is 27.8 Å². The van der Waals surface area contributed by atoms with Crippen LogP contribution in [-0.4, -0.2) is 23.3 Å². The number of nitro groups is 1. The van der Waals surface area contributed by atoms with E-state index in [4.69, 9.17) is 0 Å². The maximum Gasteiger partial charge on any atom is 0.269 e. The molecule has 2 aromatic rings. The van der Waals surface area contributed by atoms with E-state index in [9.17, 15) is 15.2 Å². The molecule has 0 saturated heterocycles. The van der Waals surface area contributed by atoms with Gasteiger partial charge in [-0.05, 0) is 52.3 Å². The third-order valence-corrected chi connectivity index (χ3v) is 4.75. The van der Waals surface area contributed by atoms with Crippen LogP contribution >= 0.6 is 0 Å². The summed E-state index contributed by atoms with van der Waals surface area (Å²) in [5.41, 5.74) is 4.00. The van der Waals surface area contributed by atoms with Crippen LogP contribution in [0.15, 0.2) is 41.4 Å². The Morgan fingerprint density at radius 3 is 1.86 bits per heavy atom. The van der Waals surface area contributed by atoms with E-state index in [2.05, 4.69) is 46.5 Å². The van der Waals surface area contributed by atoms with Gasteiger partial charge in [0.05, 0.1) is 4.92 Å². The number of aliphatic imine (C=N–C) groups is 1. The van der Waals surface area contributed by atoms with Crippen LogP contribution in [0, 0.1) is 10.1 Å². The molecule has 0 atom stereocenters. The van der Waals surface area contributed by atoms with Crippen molar-refractivity contribution in [3.63, 3.8) is 0 Å². The molecule has 2 rings (SSSR count). The number of phenols is 1. The van der Waals surface area contributed by atoms with E-state index in [0.29, 0.717) is 5.75 Å². The lowest BCUT2D eigenvalue weighted by Crippen LogP contribution is -2.17. The molecule has 1 N–H and O–H groups in total. The van der Waals surface area contributed by atoms with Gasteiger partial charge in [-0.3, -0.25) is 15.1 Å². The summed E-state index contributed by atoms with van der Waals surface area (Å²) in [6.45, 7) is 12.5. The van der Waals surface area contributed by atoms with Gasteiger partial charge >= 0.3 is 0 Å². The van der Waals surface area contributed by atoms with Crippen LogP contribution in [0.4, 0.5) is 5.69 Å². The van der Waals surface area contributed by atoms with Crippen LogP contribution < -0.4 is 0 Å². The second-order valence-corrected chi connectivity index (χ2v) is 9.26. The number of phenolic OH excluding ortho intramolecular Hbond substituents is 1. The van der Waals surface area contributed by atoms with Crippen molar-refractivity contribution in [1.29, 1.82) is 0 Å². The third-order valence-electron chi connectivity index (χ3n) is 4.75. The van der Waals surface area contributed by atoms with Crippen LogP contribution in [0.25, 0.3) is 11.6 Å². The highest BCUT2D eigenvalue weighted by molar-refractivity contribution is 6.15. The summed E-state index contributed by atoms with van der Waals surface area (Å²) in [4.78, 5) is 14.7. The second-order valence-electron chi connectivity index (χ2n) is 9.26. The number of aromatic hydroxyl groups is 1. The summed E-state index contributed by atoms with van der Waals surface area (Å²) in [7, 11) is 1.69. The molecule has 0 aliphatic heterocycles. The molecule has 0 bridgehead atoms. The number of allylic oxidation sites excluding steroid dienone is 1. The summed E-state index contributed by atoms with van der Waals surface area (Å²) >= 11 is 0. The van der Waals surface area contributed by atoms with Crippen molar-refractivity contribution in [2.45, 2.75) is 52.4 Å². The van der Waals surface area contributed by atoms with E-state index >= 15 is 0 Å². The molecule has 0 spiro atoms. The van der Waals surface area contributed by atoms with Crippen LogP contribution in [0.1, 0.15) is 63.8 Å². The standard InChI is InChI=1S/C24H30N2O3/c1-23(2,3)20-13-16(14-21(22(20)27)24(4,5)6)12-18(15-25-7)17-8-10-19(11-9-17)26(28)29/h8-15,27H,1-7H3/b18-12+,25-15+. The Hall–Kier alpha value is -2.95. The number of nitro benzene ring substituents is 1. The van der Waals surface area contributed by atoms with Gasteiger partial charge in [0.2, 0.25) is 0 Å². The van der Waals surface area contributed by atoms with Crippen molar-refractivity contribution < 1.29 is 10.0 Å². The highest BCUT2D eigenvalue weighted by Gasteiger charge is 2.26. The molecular weight excluding hydrogens is 364 g/mol. The van der Waals surface area contributed by atoms with Gasteiger partial charge in [0, 0.05) is 42.1 Å². The SMILES string of the molecule is C/N=C/C(=C\c1cc(C(C)(C)C)c(O)c(C(C)(C)C)c1)c1ccc([N+](=O)[O-])cc1. The quantitative estimate of drug-likeness (QED) is 0.293. The minimum Gasteiger partial charge on any atom is -0.507 e. The predicted octanol–water partition coefficient (Wildman–Crippen LogP) is 6.14. The minimum atomic E-state index is -0.410. The van der Waals surface area contributed by atoms with Crippen molar-refractivity contribution in [1.82, 2.24) is 0 Å². The maximum atomic E-state index is 10.9. The van der Waals surface area contributed by atoms with Crippen LogP contribution in [0.2, 0.25) is 0 Å². The minimum absolute atomic E-state index is 0.0520. The topological polar surface area (TPSA) is 75.7 Å². The first-order valence-electron chi connectivity index (χ1n) is 9.61. The third kappa shape index (κ3) is 5.31. The molecule has 0 fully saturated rings. The first-order chi connectivity index (χ1) is 13.3. The maximum absolute atomic E-state index is 10.9. The number of rotatable bonds is 4. The summed E-state index contributed by atoms with van der Waals surface area (Å²) in [5.74, 6) is 0.336. The molecule has 5 nitrogen and oxygen atoms in total. The first-order valence-corrected chi connectivity index (χ1v) is 9.61. The van der Waals surface area contributed by atoms with Gasteiger partial charge in [0.15, 0.2) is 0 Å². The van der Waals surface area contributed by atoms with Crippen LogP contribution in [0.5, 0.6) is 5.75 Å². The molecule has 0 aromatic heterocycles. The van der Waals surface area contributed by atoms with E-state index in [1.807, 2.05) is 18.2 Å². The lowest BCUT2D eigenvalue weighted by atomic mass is 9.78. The smallest absolute Gasteiger partial charge is 0.269 e. The fourth-order valence-electron chi connectivity index (χ4n) is 3.17. The molecule has 154 valence electrons. The highest BCUT2D eigenvalue weighted by Crippen LogP contribution is 2.40. The van der Waals surface area contributed by atoms with Gasteiger partial charge in [0.25, 0.3) is 5.69 Å². The number of hydrogen-bond donors (Lipinski definition) is 1. The Balaban J connectivity index is 2.69. The van der Waals surface area contributed by atoms with Crippen molar-refractivity contribution in [3.05, 3.63) is 68.8 Å². The first kappa shape index (κ1) is 22.3. The largest absolute Gasteiger partial charge is 0.507 e. The van der Waals surface area contributed by atoms with Gasteiger partial charge in [-0.2, -0.15) is 0 Å². The van der Waals surface area contributed by atoms with Crippen LogP contribution in [0.3, 0.4) is 0 Å². The lowest BCUT2D eigenvalue weighted by molar-refractivity contribution is -0.384. The fraction of sp³-hybridized carbons (Fsp3) is 0.375. The van der Waals surface area contributed by atoms with Gasteiger partial charge in [-0.15, -0.1) is 0 Å². The summed E-state index contributed by atoms with van der Waals surface area (Å²) in [6, 6.07) is 10.4. The molecule has 0 aliphatic carbocycles. The van der Waals surface area contributed by atoms with Gasteiger partial charge in [-0.1, -0.05) is 41.5 Å². The molecule has 0 radical (unpaired) electrons. The highest BCUT2D eigenvalue weighted by atomic mass is 16.6. The van der Waals surface area contributed by atoms with E-state index in [-0.39, 0.29) is 16.5 Å². The molecule has 5 heteroatoms. The number of nitrogens with zero attached hydrogens (tertiary/aromatic N) is 2. The van der Waals surface area contributed by atoms with Crippen molar-refractivity contribution in [3.8, 4) is 5.75 Å². The zero-order valence-electron chi connectivity index (χ0n) is 18.3. The number of non-ortho nitro benzene ring substituents is 1. The zero-order valence-corrected chi connectivity index (χ0v) is 18.3. The van der Waals surface area contributed by atoms with E-state index < -0.39 is 4.92 Å². The predicted molar refractivity (Wildman–Crippen MR) is 121 cm³/mol. The van der Waals surface area contributed by atoms with Crippen molar-refractivity contribution >= 4 is 23.6 Å². The summed E-state index contributed by atoms with van der Waals surface area (Å²) in [5, 5.41) is 21.8. The molecule has 0 saturated carbocycles. The average molecular weight is 395 g/mol. The second kappa shape index (κ2) is 8.19. The zero-order chi connectivity index (χ0) is 22.0. The summed E-state index contributed by atoms with van der Waals surface area (Å²) in [6.07, 6.45) is 3.74. The van der Waals surface area contributed by atoms with Gasteiger partial charge < -0.3 is 5.11 Å². The Morgan fingerprint density at radius 1 is 1.00 bits per heavy atom. The Bertz CT molecular complexity index is 922. The van der Waals surface area contributed by atoms with Crippen molar-refractivity contribution in [2.24, 2.45) is 4.99 Å². The van der Waals surface area contributed by atoms with Gasteiger partial charge in [0.1, 0.15) is 5.75 Å². The molecule has 29 heavy (non-hydrogen) atoms. The fourth-order valence-corrected chi connectivity index (χ4v) is 3.17. The Labute approximate surface area is 173 Å². The Kier molecular flexibility index (Phi) is 6.31. The normalized spacial score (nSPS) is 13.1.